The van der Waals surface area contributed by atoms with Crippen LogP contribution in [0.4, 0.5) is 23.4 Å². The summed E-state index contributed by atoms with van der Waals surface area (Å²) < 4.78 is 47.5. The predicted molar refractivity (Wildman–Crippen MR) is 36.5 cm³/mol. The van der Waals surface area contributed by atoms with Crippen molar-refractivity contribution >= 4 is 5.82 Å². The number of nitrogens with one attached hydrogen (secondary N) is 1. The van der Waals surface area contributed by atoms with Crippen LogP contribution in [0.5, 0.6) is 0 Å². The van der Waals surface area contributed by atoms with Gasteiger partial charge in [-0.1, -0.05) is 0 Å². The Morgan fingerprint density at radius 2 is 1.85 bits per heavy atom. The molecule has 0 saturated carbocycles. The van der Waals surface area contributed by atoms with Crippen molar-refractivity contribution < 1.29 is 17.6 Å². The van der Waals surface area contributed by atoms with Crippen LogP contribution in [0, 0.1) is 5.95 Å². The van der Waals surface area contributed by atoms with Crippen LogP contribution in [0.2, 0.25) is 0 Å². The molecule has 1 N–H and O–H groups in total. The van der Waals surface area contributed by atoms with Crippen LogP contribution in [0.15, 0.2) is 12.4 Å². The first-order valence-electron chi connectivity index (χ1n) is 3.26. The second-order valence-corrected chi connectivity index (χ2v) is 2.16. The fraction of sp³-hybridized carbons (Fsp3) is 0.333. The van der Waals surface area contributed by atoms with E-state index in [9.17, 15) is 17.6 Å². The number of aromatic nitrogens is 2. The van der Waals surface area contributed by atoms with Gasteiger partial charge < -0.3 is 5.32 Å². The van der Waals surface area contributed by atoms with Gasteiger partial charge >= 0.3 is 6.18 Å². The maximum Gasteiger partial charge on any atom is 0.405 e. The van der Waals surface area contributed by atoms with Crippen LogP contribution in [0.25, 0.3) is 0 Å². The van der Waals surface area contributed by atoms with Crippen molar-refractivity contribution in [2.45, 2.75) is 6.18 Å². The minimum Gasteiger partial charge on any atom is -0.357 e. The lowest BCUT2D eigenvalue weighted by Crippen LogP contribution is -2.22. The van der Waals surface area contributed by atoms with Crippen molar-refractivity contribution in [2.24, 2.45) is 0 Å². The lowest BCUT2D eigenvalue weighted by Gasteiger charge is -2.07. The zero-order valence-electron chi connectivity index (χ0n) is 6.27. The minimum absolute atomic E-state index is 0.500. The fourth-order valence-electron chi connectivity index (χ4n) is 0.624. The van der Waals surface area contributed by atoms with Crippen LogP contribution in [-0.2, 0) is 0 Å². The molecule has 1 aromatic rings. The van der Waals surface area contributed by atoms with E-state index in [0.29, 0.717) is 0 Å². The Morgan fingerprint density at radius 3 is 2.38 bits per heavy atom. The first-order chi connectivity index (χ1) is 5.99. The lowest BCUT2D eigenvalue weighted by molar-refractivity contribution is -0.115. The highest BCUT2D eigenvalue weighted by molar-refractivity contribution is 5.31. The van der Waals surface area contributed by atoms with E-state index in [-0.39, 0.29) is 0 Å². The van der Waals surface area contributed by atoms with Crippen LogP contribution < -0.4 is 5.32 Å². The molecule has 0 aromatic carbocycles. The molecule has 0 fully saturated rings. The molecule has 3 nitrogen and oxygen atoms in total. The van der Waals surface area contributed by atoms with Crippen LogP contribution in [0.1, 0.15) is 0 Å². The molecule has 0 radical (unpaired) electrons. The highest BCUT2D eigenvalue weighted by atomic mass is 19.4. The van der Waals surface area contributed by atoms with Crippen LogP contribution >= 0.6 is 0 Å². The van der Waals surface area contributed by atoms with Gasteiger partial charge in [-0.3, -0.25) is 0 Å². The summed E-state index contributed by atoms with van der Waals surface area (Å²) in [7, 11) is 0. The Morgan fingerprint density at radius 1 is 1.23 bits per heavy atom. The van der Waals surface area contributed by atoms with Gasteiger partial charge in [-0.2, -0.15) is 17.6 Å². The summed E-state index contributed by atoms with van der Waals surface area (Å²) >= 11 is 0. The molecular formula is C6H5F4N3. The normalized spacial score (nSPS) is 11.4. The third kappa shape index (κ3) is 3.22. The molecule has 0 unspecified atom stereocenters. The number of nitrogens with zero attached hydrogens (tertiary/aromatic N) is 2. The minimum atomic E-state index is -4.40. The average Bonchev–Trinajstić information content (AvgIpc) is 2.01. The van der Waals surface area contributed by atoms with E-state index >= 15 is 0 Å². The SMILES string of the molecule is Fc1nccnc1NCC(F)(F)F. The Balaban J connectivity index is 2.60. The van der Waals surface area contributed by atoms with Crippen LogP contribution in [-0.4, -0.2) is 22.7 Å². The van der Waals surface area contributed by atoms with Gasteiger partial charge in [-0.15, -0.1) is 0 Å². The molecule has 1 heterocycles. The summed E-state index contributed by atoms with van der Waals surface area (Å²) in [5.41, 5.74) is 0. The smallest absolute Gasteiger partial charge is 0.357 e. The van der Waals surface area contributed by atoms with E-state index in [4.69, 9.17) is 0 Å². The van der Waals surface area contributed by atoms with Gasteiger partial charge in [-0.25, -0.2) is 9.97 Å². The molecule has 0 aliphatic heterocycles. The molecule has 0 aliphatic rings. The molecule has 0 aliphatic carbocycles. The standard InChI is InChI=1S/C6H5F4N3/c7-4-5(12-2-1-11-4)13-3-6(8,9)10/h1-2H,3H2,(H,12,13). The number of anilines is 1. The number of hydrogen-bond donors (Lipinski definition) is 1. The van der Waals surface area contributed by atoms with Gasteiger partial charge in [0.15, 0.2) is 5.82 Å². The lowest BCUT2D eigenvalue weighted by atomic mass is 10.5. The highest BCUT2D eigenvalue weighted by Gasteiger charge is 2.27. The second-order valence-electron chi connectivity index (χ2n) is 2.16. The first kappa shape index (κ1) is 9.69. The largest absolute Gasteiger partial charge is 0.405 e. The van der Waals surface area contributed by atoms with E-state index in [1.165, 1.54) is 0 Å². The zero-order chi connectivity index (χ0) is 9.90. The second kappa shape index (κ2) is 3.55. The van der Waals surface area contributed by atoms with Crippen molar-refractivity contribution in [3.05, 3.63) is 18.3 Å². The fourth-order valence-corrected chi connectivity index (χ4v) is 0.624. The predicted octanol–water partition coefficient (Wildman–Crippen LogP) is 1.59. The summed E-state index contributed by atoms with van der Waals surface area (Å²) in [5.74, 6) is -1.55. The number of halogens is 4. The van der Waals surface area contributed by atoms with Gasteiger partial charge in [-0.05, 0) is 0 Å². The molecule has 0 saturated heterocycles. The highest BCUT2D eigenvalue weighted by Crippen LogP contribution is 2.15. The van der Waals surface area contributed by atoms with Gasteiger partial charge in [0.25, 0.3) is 5.95 Å². The monoisotopic (exact) mass is 195 g/mol. The summed E-state index contributed by atoms with van der Waals surface area (Å²) in [4.78, 5) is 6.45. The maximum atomic E-state index is 12.6. The molecule has 72 valence electrons. The third-order valence-electron chi connectivity index (χ3n) is 1.11. The Labute approximate surface area is 70.8 Å². The average molecular weight is 195 g/mol. The molecule has 7 heteroatoms. The summed E-state index contributed by atoms with van der Waals surface area (Å²) in [6, 6.07) is 0. The van der Waals surface area contributed by atoms with Crippen molar-refractivity contribution in [1.82, 2.24) is 9.97 Å². The molecule has 1 rings (SSSR count). The Bertz CT molecular complexity index is 285. The summed E-state index contributed by atoms with van der Waals surface area (Å²) in [6.45, 7) is -1.33. The van der Waals surface area contributed by atoms with E-state index in [1.807, 2.05) is 0 Å². The number of hydrogen-bond acceptors (Lipinski definition) is 3. The molecule has 0 spiro atoms. The van der Waals surface area contributed by atoms with Crippen LogP contribution in [0.3, 0.4) is 0 Å². The van der Waals surface area contributed by atoms with Gasteiger partial charge in [0.2, 0.25) is 0 Å². The van der Waals surface area contributed by atoms with Crippen molar-refractivity contribution in [1.29, 1.82) is 0 Å². The van der Waals surface area contributed by atoms with Gasteiger partial charge in [0.05, 0.1) is 0 Å². The maximum absolute atomic E-state index is 12.6. The molecule has 1 aromatic heterocycles. The first-order valence-corrected chi connectivity index (χ1v) is 3.26. The molecule has 0 bridgehead atoms. The number of alkyl halides is 3. The molecule has 13 heavy (non-hydrogen) atoms. The molecule has 0 amide bonds. The summed E-state index contributed by atoms with van der Waals surface area (Å²) in [5, 5.41) is 1.78. The molecular weight excluding hydrogens is 190 g/mol. The Hall–Kier alpha value is -1.40. The third-order valence-corrected chi connectivity index (χ3v) is 1.11. The number of rotatable bonds is 2. The van der Waals surface area contributed by atoms with Crippen molar-refractivity contribution in [3.63, 3.8) is 0 Å². The van der Waals surface area contributed by atoms with E-state index in [1.54, 1.807) is 5.32 Å². The Kier molecular flexibility index (Phi) is 2.64. The topological polar surface area (TPSA) is 37.8 Å². The van der Waals surface area contributed by atoms with Crippen molar-refractivity contribution in [3.8, 4) is 0 Å². The molecule has 0 atom stereocenters. The van der Waals surface area contributed by atoms with E-state index in [0.717, 1.165) is 12.4 Å². The zero-order valence-corrected chi connectivity index (χ0v) is 6.27. The quantitative estimate of drug-likeness (QED) is 0.728. The van der Waals surface area contributed by atoms with Gasteiger partial charge in [0, 0.05) is 12.4 Å². The van der Waals surface area contributed by atoms with Crippen molar-refractivity contribution in [2.75, 3.05) is 11.9 Å². The summed E-state index contributed by atoms with van der Waals surface area (Å²) in [6.07, 6.45) is -2.25. The van der Waals surface area contributed by atoms with E-state index in [2.05, 4.69) is 9.97 Å². The van der Waals surface area contributed by atoms with Gasteiger partial charge in [0.1, 0.15) is 6.54 Å². The van der Waals surface area contributed by atoms with E-state index < -0.39 is 24.5 Å².